The third-order valence-corrected chi connectivity index (χ3v) is 3.70. The molecule has 1 atom stereocenters. The fraction of sp³-hybridized carbons (Fsp3) is 0.467. The van der Waals surface area contributed by atoms with Gasteiger partial charge in [-0.2, -0.15) is 0 Å². The summed E-state index contributed by atoms with van der Waals surface area (Å²) < 4.78 is 1.12. The van der Waals surface area contributed by atoms with Gasteiger partial charge in [0.2, 0.25) is 0 Å². The first-order valence-electron chi connectivity index (χ1n) is 6.52. The molecule has 0 fully saturated rings. The molecule has 0 spiro atoms. The molecule has 0 bridgehead atoms. The molecule has 0 aliphatic rings. The van der Waals surface area contributed by atoms with Crippen LogP contribution in [0, 0.1) is 6.92 Å². The Balaban J connectivity index is 2.52. The molecule has 0 radical (unpaired) electrons. The van der Waals surface area contributed by atoms with Gasteiger partial charge in [0.25, 0.3) is 0 Å². The Hall–Kier alpha value is -0.640. The van der Waals surface area contributed by atoms with Crippen LogP contribution in [-0.4, -0.2) is 0 Å². The van der Waals surface area contributed by atoms with E-state index in [9.17, 15) is 0 Å². The maximum atomic E-state index is 5.67. The molecule has 0 amide bonds. The SMILES string of the molecule is C=CCCCCCC(NN)c1ccc(Br)cc1C. The maximum absolute atomic E-state index is 5.67. The van der Waals surface area contributed by atoms with Crippen molar-refractivity contribution in [2.45, 2.75) is 45.1 Å². The average Bonchev–Trinajstić information content (AvgIpc) is 2.35. The van der Waals surface area contributed by atoms with Crippen LogP contribution < -0.4 is 11.3 Å². The van der Waals surface area contributed by atoms with Crippen molar-refractivity contribution in [1.29, 1.82) is 0 Å². The first kappa shape index (κ1) is 15.4. The molecule has 18 heavy (non-hydrogen) atoms. The van der Waals surface area contributed by atoms with E-state index in [0.717, 1.165) is 17.3 Å². The molecule has 3 heteroatoms. The van der Waals surface area contributed by atoms with Crippen LogP contribution in [0.5, 0.6) is 0 Å². The number of hydrogen-bond donors (Lipinski definition) is 2. The predicted octanol–water partition coefficient (Wildman–Crippen LogP) is 4.40. The Labute approximate surface area is 119 Å². The highest BCUT2D eigenvalue weighted by Gasteiger charge is 2.11. The number of hydrogen-bond acceptors (Lipinski definition) is 2. The Morgan fingerprint density at radius 2 is 2.17 bits per heavy atom. The van der Waals surface area contributed by atoms with Gasteiger partial charge in [0, 0.05) is 10.5 Å². The standard InChI is InChI=1S/C15H23BrN2/c1-3-4-5-6-7-8-15(18-17)14-10-9-13(16)11-12(14)2/h3,9-11,15,18H,1,4-8,17H2,2H3. The molecular formula is C15H23BrN2. The highest BCUT2D eigenvalue weighted by Crippen LogP contribution is 2.25. The minimum absolute atomic E-state index is 0.252. The van der Waals surface area contributed by atoms with Crippen molar-refractivity contribution in [2.75, 3.05) is 0 Å². The van der Waals surface area contributed by atoms with Crippen molar-refractivity contribution in [3.05, 3.63) is 46.5 Å². The molecule has 0 aromatic heterocycles. The molecule has 3 N–H and O–H groups in total. The van der Waals surface area contributed by atoms with Gasteiger partial charge >= 0.3 is 0 Å². The first-order valence-corrected chi connectivity index (χ1v) is 7.31. The summed E-state index contributed by atoms with van der Waals surface area (Å²) in [5.41, 5.74) is 5.51. The molecule has 1 aromatic rings. The highest BCUT2D eigenvalue weighted by atomic mass is 79.9. The lowest BCUT2D eigenvalue weighted by atomic mass is 9.97. The van der Waals surface area contributed by atoms with Crippen LogP contribution in [0.25, 0.3) is 0 Å². The van der Waals surface area contributed by atoms with E-state index in [0.29, 0.717) is 0 Å². The molecular weight excluding hydrogens is 288 g/mol. The summed E-state index contributed by atoms with van der Waals surface area (Å²) in [6, 6.07) is 6.61. The Morgan fingerprint density at radius 3 is 2.78 bits per heavy atom. The normalized spacial score (nSPS) is 12.4. The zero-order chi connectivity index (χ0) is 13.4. The van der Waals surface area contributed by atoms with E-state index in [-0.39, 0.29) is 6.04 Å². The van der Waals surface area contributed by atoms with Crippen LogP contribution in [0.3, 0.4) is 0 Å². The third-order valence-electron chi connectivity index (χ3n) is 3.21. The summed E-state index contributed by atoms with van der Waals surface area (Å²) in [7, 11) is 0. The van der Waals surface area contributed by atoms with Crippen molar-refractivity contribution in [1.82, 2.24) is 5.43 Å². The van der Waals surface area contributed by atoms with Crippen LogP contribution in [0.1, 0.15) is 49.3 Å². The maximum Gasteiger partial charge on any atom is 0.0462 e. The second kappa shape index (κ2) is 8.46. The molecule has 0 heterocycles. The Morgan fingerprint density at radius 1 is 1.39 bits per heavy atom. The predicted molar refractivity (Wildman–Crippen MR) is 82.2 cm³/mol. The van der Waals surface area contributed by atoms with E-state index in [2.05, 4.69) is 53.1 Å². The van der Waals surface area contributed by atoms with Crippen LogP contribution in [0.4, 0.5) is 0 Å². The molecule has 2 nitrogen and oxygen atoms in total. The number of nitrogens with one attached hydrogen (secondary N) is 1. The smallest absolute Gasteiger partial charge is 0.0462 e. The molecule has 0 saturated heterocycles. The van der Waals surface area contributed by atoms with Gasteiger partial charge < -0.3 is 0 Å². The Bertz CT molecular complexity index is 377. The molecule has 1 aromatic carbocycles. The summed E-state index contributed by atoms with van der Waals surface area (Å²) in [5.74, 6) is 5.67. The van der Waals surface area contributed by atoms with Crippen LogP contribution in [-0.2, 0) is 0 Å². The second-order valence-corrected chi connectivity index (χ2v) is 5.56. The number of aryl methyl sites for hydroxylation is 1. The second-order valence-electron chi connectivity index (χ2n) is 4.65. The van der Waals surface area contributed by atoms with Gasteiger partial charge in [-0.3, -0.25) is 11.3 Å². The number of hydrazine groups is 1. The highest BCUT2D eigenvalue weighted by molar-refractivity contribution is 9.10. The number of benzene rings is 1. The van der Waals surface area contributed by atoms with E-state index in [1.807, 2.05) is 6.08 Å². The zero-order valence-electron chi connectivity index (χ0n) is 11.1. The van der Waals surface area contributed by atoms with Crippen LogP contribution in [0.2, 0.25) is 0 Å². The molecule has 0 aliphatic carbocycles. The van der Waals surface area contributed by atoms with Crippen molar-refractivity contribution in [2.24, 2.45) is 5.84 Å². The van der Waals surface area contributed by atoms with Gasteiger partial charge in [0.1, 0.15) is 0 Å². The van der Waals surface area contributed by atoms with E-state index in [1.54, 1.807) is 0 Å². The van der Waals surface area contributed by atoms with Crippen LogP contribution in [0.15, 0.2) is 35.3 Å². The van der Waals surface area contributed by atoms with Gasteiger partial charge in [-0.25, -0.2) is 0 Å². The summed E-state index contributed by atoms with van der Waals surface area (Å²) in [6.07, 6.45) is 7.82. The van der Waals surface area contributed by atoms with Crippen molar-refractivity contribution in [3.8, 4) is 0 Å². The minimum atomic E-state index is 0.252. The summed E-state index contributed by atoms with van der Waals surface area (Å²) in [5, 5.41) is 0. The van der Waals surface area contributed by atoms with Crippen molar-refractivity contribution >= 4 is 15.9 Å². The van der Waals surface area contributed by atoms with Gasteiger partial charge in [0.15, 0.2) is 0 Å². The number of nitrogens with two attached hydrogens (primary N) is 1. The lowest BCUT2D eigenvalue weighted by Gasteiger charge is -2.18. The number of halogens is 1. The quantitative estimate of drug-likeness (QED) is 0.323. The average molecular weight is 311 g/mol. The molecule has 1 unspecified atom stereocenters. The van der Waals surface area contributed by atoms with E-state index in [4.69, 9.17) is 5.84 Å². The number of rotatable bonds is 8. The summed E-state index contributed by atoms with van der Waals surface area (Å²) >= 11 is 3.49. The van der Waals surface area contributed by atoms with E-state index < -0.39 is 0 Å². The lowest BCUT2D eigenvalue weighted by molar-refractivity contribution is 0.482. The fourth-order valence-electron chi connectivity index (χ4n) is 2.17. The topological polar surface area (TPSA) is 38.0 Å². The van der Waals surface area contributed by atoms with Crippen molar-refractivity contribution < 1.29 is 0 Å². The number of allylic oxidation sites excluding steroid dienone is 1. The number of unbranched alkanes of at least 4 members (excludes halogenated alkanes) is 3. The largest absolute Gasteiger partial charge is 0.271 e. The molecule has 100 valence electrons. The minimum Gasteiger partial charge on any atom is -0.271 e. The lowest BCUT2D eigenvalue weighted by Crippen LogP contribution is -2.28. The van der Waals surface area contributed by atoms with Gasteiger partial charge in [0.05, 0.1) is 0 Å². The summed E-state index contributed by atoms with van der Waals surface area (Å²) in [4.78, 5) is 0. The van der Waals surface area contributed by atoms with Gasteiger partial charge in [-0.05, 0) is 49.4 Å². The van der Waals surface area contributed by atoms with Gasteiger partial charge in [-0.1, -0.05) is 40.9 Å². The fourth-order valence-corrected chi connectivity index (χ4v) is 2.65. The third kappa shape index (κ3) is 4.92. The van der Waals surface area contributed by atoms with Crippen molar-refractivity contribution in [3.63, 3.8) is 0 Å². The van der Waals surface area contributed by atoms with E-state index in [1.165, 1.54) is 30.4 Å². The molecule has 0 saturated carbocycles. The Kier molecular flexibility index (Phi) is 7.25. The first-order chi connectivity index (χ1) is 8.69. The zero-order valence-corrected chi connectivity index (χ0v) is 12.7. The van der Waals surface area contributed by atoms with Crippen LogP contribution >= 0.6 is 15.9 Å². The molecule has 0 aliphatic heterocycles. The summed E-state index contributed by atoms with van der Waals surface area (Å²) in [6.45, 7) is 5.87. The monoisotopic (exact) mass is 310 g/mol. The van der Waals surface area contributed by atoms with Gasteiger partial charge in [-0.15, -0.1) is 6.58 Å². The van der Waals surface area contributed by atoms with E-state index >= 15 is 0 Å². The molecule has 1 rings (SSSR count).